The van der Waals surface area contributed by atoms with Gasteiger partial charge >= 0.3 is 0 Å². The Morgan fingerprint density at radius 1 is 1.12 bits per heavy atom. The van der Waals surface area contributed by atoms with E-state index in [0.29, 0.717) is 29.0 Å². The van der Waals surface area contributed by atoms with Gasteiger partial charge in [-0.3, -0.25) is 9.69 Å². The van der Waals surface area contributed by atoms with Crippen molar-refractivity contribution < 1.29 is 9.21 Å². The number of carbonyl (C=O) groups excluding carboxylic acids is 1. The number of aromatic nitrogens is 4. The number of piperazine rings is 1. The first-order chi connectivity index (χ1) is 16.0. The van der Waals surface area contributed by atoms with Crippen LogP contribution in [0.25, 0.3) is 17.1 Å². The molecule has 1 saturated heterocycles. The molecule has 10 nitrogen and oxygen atoms in total. The monoisotopic (exact) mass is 446 g/mol. The van der Waals surface area contributed by atoms with Crippen molar-refractivity contribution in [1.29, 1.82) is 0 Å². The Balaban J connectivity index is 1.33. The van der Waals surface area contributed by atoms with Crippen LogP contribution < -0.4 is 16.0 Å². The number of nitrogens with zero attached hydrogens (tertiary/aromatic N) is 6. The van der Waals surface area contributed by atoms with Crippen LogP contribution >= 0.6 is 0 Å². The van der Waals surface area contributed by atoms with Crippen molar-refractivity contribution in [2.75, 3.05) is 36.4 Å². The standard InChI is InChI=1S/C23H26N8O2/c1-15(2)29-7-9-30(10-8-29)18-5-3-17(4-6-18)28-22-23-26-14-27-31(23)19(12-25-22)20-11-16(13-33-20)21(24)32/h3-6,11-15H,7-10H2,1-2H3,(H2,24,32)(H,25,28). The van der Waals surface area contributed by atoms with E-state index >= 15 is 0 Å². The van der Waals surface area contributed by atoms with Crippen molar-refractivity contribution in [2.45, 2.75) is 19.9 Å². The molecule has 33 heavy (non-hydrogen) atoms. The van der Waals surface area contributed by atoms with Crippen LogP contribution in [-0.2, 0) is 0 Å². The highest BCUT2D eigenvalue weighted by atomic mass is 16.3. The van der Waals surface area contributed by atoms with Crippen molar-refractivity contribution >= 4 is 28.7 Å². The zero-order valence-corrected chi connectivity index (χ0v) is 18.6. The molecule has 4 heterocycles. The van der Waals surface area contributed by atoms with Gasteiger partial charge in [-0.1, -0.05) is 0 Å². The van der Waals surface area contributed by atoms with E-state index in [4.69, 9.17) is 10.2 Å². The average molecular weight is 447 g/mol. The molecule has 0 saturated carbocycles. The fourth-order valence-electron chi connectivity index (χ4n) is 4.06. The van der Waals surface area contributed by atoms with E-state index in [2.05, 4.69) is 56.2 Å². The number of fused-ring (bicyclic) bond motifs is 1. The first kappa shape index (κ1) is 21.0. The lowest BCUT2D eigenvalue weighted by Gasteiger charge is -2.38. The van der Waals surface area contributed by atoms with Crippen molar-refractivity contribution in [1.82, 2.24) is 24.5 Å². The van der Waals surface area contributed by atoms with Gasteiger partial charge in [0.1, 0.15) is 18.3 Å². The van der Waals surface area contributed by atoms with Crippen molar-refractivity contribution in [3.05, 3.63) is 54.7 Å². The molecule has 0 unspecified atom stereocenters. The Labute approximate surface area is 191 Å². The van der Waals surface area contributed by atoms with Crippen LogP contribution in [0.3, 0.4) is 0 Å². The molecule has 4 aromatic rings. The summed E-state index contributed by atoms with van der Waals surface area (Å²) in [5, 5.41) is 7.61. The number of rotatable bonds is 6. The number of amides is 1. The van der Waals surface area contributed by atoms with Crippen molar-refractivity contribution in [3.63, 3.8) is 0 Å². The number of hydrogen-bond donors (Lipinski definition) is 2. The third kappa shape index (κ3) is 4.12. The summed E-state index contributed by atoms with van der Waals surface area (Å²) >= 11 is 0. The minimum Gasteiger partial charge on any atom is -0.462 e. The van der Waals surface area contributed by atoms with E-state index in [1.807, 2.05) is 12.1 Å². The Morgan fingerprint density at radius 3 is 2.55 bits per heavy atom. The lowest BCUT2D eigenvalue weighted by molar-refractivity contribution is 0.0999. The molecule has 0 bridgehead atoms. The zero-order valence-electron chi connectivity index (χ0n) is 18.6. The molecule has 0 atom stereocenters. The molecule has 3 aromatic heterocycles. The van der Waals surface area contributed by atoms with E-state index in [9.17, 15) is 4.79 Å². The minimum atomic E-state index is -0.559. The van der Waals surface area contributed by atoms with Gasteiger partial charge in [0.2, 0.25) is 0 Å². The molecule has 1 amide bonds. The molecule has 10 heteroatoms. The van der Waals surface area contributed by atoms with Crippen LogP contribution in [0.15, 0.2) is 53.5 Å². The Kier molecular flexibility index (Phi) is 5.43. The predicted octanol–water partition coefficient (Wildman–Crippen LogP) is 2.76. The smallest absolute Gasteiger partial charge is 0.251 e. The highest BCUT2D eigenvalue weighted by molar-refractivity contribution is 5.93. The molecule has 5 rings (SSSR count). The summed E-state index contributed by atoms with van der Waals surface area (Å²) in [6, 6.07) is 10.5. The van der Waals surface area contributed by atoms with E-state index < -0.39 is 5.91 Å². The summed E-state index contributed by atoms with van der Waals surface area (Å²) in [4.78, 5) is 25.1. The van der Waals surface area contributed by atoms with Gasteiger partial charge in [0.05, 0.1) is 11.8 Å². The van der Waals surface area contributed by atoms with Crippen LogP contribution in [0.4, 0.5) is 17.2 Å². The number of carbonyl (C=O) groups is 1. The van der Waals surface area contributed by atoms with E-state index in [1.54, 1.807) is 16.8 Å². The molecule has 1 aromatic carbocycles. The first-order valence-corrected chi connectivity index (χ1v) is 10.9. The van der Waals surface area contributed by atoms with Crippen LogP contribution in [0, 0.1) is 0 Å². The largest absolute Gasteiger partial charge is 0.462 e. The Bertz CT molecular complexity index is 1270. The van der Waals surface area contributed by atoms with E-state index in [1.165, 1.54) is 18.3 Å². The van der Waals surface area contributed by atoms with E-state index in [0.717, 1.165) is 31.9 Å². The Morgan fingerprint density at radius 2 is 1.88 bits per heavy atom. The summed E-state index contributed by atoms with van der Waals surface area (Å²) in [6.45, 7) is 8.70. The van der Waals surface area contributed by atoms with Gasteiger partial charge in [0, 0.05) is 43.6 Å². The maximum atomic E-state index is 11.4. The fraction of sp³-hybridized carbons (Fsp3) is 0.304. The van der Waals surface area contributed by atoms with Crippen LogP contribution in [0.1, 0.15) is 24.2 Å². The average Bonchev–Trinajstić information content (AvgIpc) is 3.51. The van der Waals surface area contributed by atoms with Crippen molar-refractivity contribution in [2.24, 2.45) is 5.73 Å². The normalized spacial score (nSPS) is 14.8. The van der Waals surface area contributed by atoms with Gasteiger partial charge in [-0.05, 0) is 44.2 Å². The number of anilines is 3. The lowest BCUT2D eigenvalue weighted by Crippen LogP contribution is -2.48. The molecular weight excluding hydrogens is 420 g/mol. The second kappa shape index (κ2) is 8.55. The predicted molar refractivity (Wildman–Crippen MR) is 126 cm³/mol. The minimum absolute atomic E-state index is 0.283. The molecular formula is C23H26N8O2. The summed E-state index contributed by atoms with van der Waals surface area (Å²) < 4.78 is 7.09. The fourth-order valence-corrected chi connectivity index (χ4v) is 4.06. The highest BCUT2D eigenvalue weighted by Crippen LogP contribution is 2.27. The van der Waals surface area contributed by atoms with Crippen LogP contribution in [0.2, 0.25) is 0 Å². The highest BCUT2D eigenvalue weighted by Gasteiger charge is 2.19. The molecule has 170 valence electrons. The van der Waals surface area contributed by atoms with Gasteiger partial charge in [-0.25, -0.2) is 14.5 Å². The summed E-state index contributed by atoms with van der Waals surface area (Å²) in [5.41, 5.74) is 8.82. The van der Waals surface area contributed by atoms with Gasteiger partial charge in [-0.2, -0.15) is 5.10 Å². The van der Waals surface area contributed by atoms with Gasteiger partial charge in [0.25, 0.3) is 5.91 Å². The van der Waals surface area contributed by atoms with Gasteiger partial charge in [0.15, 0.2) is 17.2 Å². The maximum Gasteiger partial charge on any atom is 0.251 e. The van der Waals surface area contributed by atoms with E-state index in [-0.39, 0.29) is 5.56 Å². The Hall–Kier alpha value is -3.92. The number of furan rings is 1. The molecule has 0 spiro atoms. The van der Waals surface area contributed by atoms with Crippen LogP contribution in [0.5, 0.6) is 0 Å². The zero-order chi connectivity index (χ0) is 22.9. The molecule has 1 fully saturated rings. The number of benzene rings is 1. The number of nitrogens with two attached hydrogens (primary N) is 1. The molecule has 3 N–H and O–H groups in total. The molecule has 1 aliphatic rings. The third-order valence-electron chi connectivity index (χ3n) is 5.98. The molecule has 1 aliphatic heterocycles. The second-order valence-electron chi connectivity index (χ2n) is 8.34. The van der Waals surface area contributed by atoms with Crippen molar-refractivity contribution in [3.8, 4) is 11.5 Å². The maximum absolute atomic E-state index is 11.4. The number of nitrogens with one attached hydrogen (secondary N) is 1. The summed E-state index contributed by atoms with van der Waals surface area (Å²) in [7, 11) is 0. The molecule has 0 aliphatic carbocycles. The van der Waals surface area contributed by atoms with Crippen LogP contribution in [-0.4, -0.2) is 62.6 Å². The number of primary amides is 1. The quantitative estimate of drug-likeness (QED) is 0.464. The second-order valence-corrected chi connectivity index (χ2v) is 8.34. The number of hydrogen-bond acceptors (Lipinski definition) is 8. The van der Waals surface area contributed by atoms with Gasteiger partial charge < -0.3 is 20.4 Å². The summed E-state index contributed by atoms with van der Waals surface area (Å²) in [5.74, 6) is 0.438. The molecule has 0 radical (unpaired) electrons. The topological polar surface area (TPSA) is 118 Å². The summed E-state index contributed by atoms with van der Waals surface area (Å²) in [6.07, 6.45) is 4.39. The first-order valence-electron chi connectivity index (χ1n) is 10.9. The lowest BCUT2D eigenvalue weighted by atomic mass is 10.2. The third-order valence-corrected chi connectivity index (χ3v) is 5.98. The van der Waals surface area contributed by atoms with Gasteiger partial charge in [-0.15, -0.1) is 0 Å². The SMILES string of the molecule is CC(C)N1CCN(c2ccc(Nc3ncc(-c4cc(C(N)=O)co4)n4ncnc34)cc2)CC1.